The van der Waals surface area contributed by atoms with Gasteiger partial charge in [-0.3, -0.25) is 4.79 Å². The van der Waals surface area contributed by atoms with Gasteiger partial charge in [0.2, 0.25) is 5.91 Å². The molecule has 1 saturated carbocycles. The van der Waals surface area contributed by atoms with Gasteiger partial charge in [0.1, 0.15) is 0 Å². The lowest BCUT2D eigenvalue weighted by Crippen LogP contribution is -2.44. The molecule has 0 aromatic heterocycles. The minimum Gasteiger partial charge on any atom is -0.393 e. The van der Waals surface area contributed by atoms with Crippen molar-refractivity contribution in [3.63, 3.8) is 0 Å². The third-order valence-electron chi connectivity index (χ3n) is 3.03. The van der Waals surface area contributed by atoms with Crippen LogP contribution in [0, 0.1) is 17.8 Å². The summed E-state index contributed by atoms with van der Waals surface area (Å²) in [5.74, 6) is 0.621. The molecule has 0 heterocycles. The van der Waals surface area contributed by atoms with E-state index in [4.69, 9.17) is 18.0 Å². The molecule has 0 aromatic carbocycles. The topological polar surface area (TPSA) is 55.1 Å². The molecule has 1 aliphatic rings. The average molecular weight is 242 g/mol. The van der Waals surface area contributed by atoms with E-state index in [2.05, 4.69) is 5.32 Å². The number of thiocarbonyl (C=S) groups is 1. The summed E-state index contributed by atoms with van der Waals surface area (Å²) < 4.78 is 0. The Hall–Kier alpha value is -0.640. The molecule has 0 aliphatic heterocycles. The van der Waals surface area contributed by atoms with Crippen molar-refractivity contribution in [2.24, 2.45) is 23.5 Å². The molecule has 4 heteroatoms. The van der Waals surface area contributed by atoms with Gasteiger partial charge in [0.25, 0.3) is 0 Å². The second-order valence-electron chi connectivity index (χ2n) is 5.21. The Morgan fingerprint density at radius 3 is 2.38 bits per heavy atom. The van der Waals surface area contributed by atoms with E-state index in [-0.39, 0.29) is 23.8 Å². The molecule has 1 amide bonds. The molecule has 16 heavy (non-hydrogen) atoms. The summed E-state index contributed by atoms with van der Waals surface area (Å²) in [7, 11) is 0. The molecule has 2 unspecified atom stereocenters. The van der Waals surface area contributed by atoms with E-state index in [1.807, 2.05) is 20.8 Å². The van der Waals surface area contributed by atoms with Crippen LogP contribution in [0.4, 0.5) is 0 Å². The van der Waals surface area contributed by atoms with Crippen molar-refractivity contribution in [3.05, 3.63) is 0 Å². The zero-order chi connectivity index (χ0) is 12.3. The normalized spacial score (nSPS) is 19.2. The van der Waals surface area contributed by atoms with Gasteiger partial charge in [-0.15, -0.1) is 0 Å². The first kappa shape index (κ1) is 13.4. The van der Waals surface area contributed by atoms with E-state index in [1.165, 1.54) is 12.8 Å². The molecule has 2 atom stereocenters. The summed E-state index contributed by atoms with van der Waals surface area (Å²) in [5.41, 5.74) is 5.60. The molecule has 1 fully saturated rings. The highest BCUT2D eigenvalue weighted by molar-refractivity contribution is 7.80. The molecular formula is C12H22N2OS. The fraction of sp³-hybridized carbons (Fsp3) is 0.833. The van der Waals surface area contributed by atoms with Crippen molar-refractivity contribution in [3.8, 4) is 0 Å². The van der Waals surface area contributed by atoms with Crippen LogP contribution in [0.2, 0.25) is 0 Å². The Kier molecular flexibility index (Phi) is 4.71. The molecule has 0 aromatic rings. The number of rotatable bonds is 6. The highest BCUT2D eigenvalue weighted by Crippen LogP contribution is 2.33. The number of amides is 1. The van der Waals surface area contributed by atoms with E-state index in [0.29, 0.717) is 4.99 Å². The molecule has 1 rings (SSSR count). The predicted molar refractivity (Wildman–Crippen MR) is 70.1 cm³/mol. The number of hydrogen-bond acceptors (Lipinski definition) is 2. The van der Waals surface area contributed by atoms with Gasteiger partial charge in [0.05, 0.1) is 10.9 Å². The average Bonchev–Trinajstić information content (AvgIpc) is 2.85. The summed E-state index contributed by atoms with van der Waals surface area (Å²) in [4.78, 5) is 12.3. The van der Waals surface area contributed by atoms with Crippen molar-refractivity contribution in [2.75, 3.05) is 0 Å². The van der Waals surface area contributed by atoms with Gasteiger partial charge in [-0.05, 0) is 25.2 Å². The molecule has 0 bridgehead atoms. The molecule has 1 aliphatic carbocycles. The molecule has 0 spiro atoms. The first-order chi connectivity index (χ1) is 7.41. The summed E-state index contributed by atoms with van der Waals surface area (Å²) in [6.45, 7) is 5.98. The fourth-order valence-corrected chi connectivity index (χ4v) is 2.38. The first-order valence-electron chi connectivity index (χ1n) is 6.01. The van der Waals surface area contributed by atoms with Crippen LogP contribution in [0.1, 0.15) is 40.0 Å². The van der Waals surface area contributed by atoms with Gasteiger partial charge < -0.3 is 11.1 Å². The third-order valence-corrected chi connectivity index (χ3v) is 3.28. The van der Waals surface area contributed by atoms with Crippen LogP contribution in [-0.2, 0) is 4.79 Å². The van der Waals surface area contributed by atoms with Crippen molar-refractivity contribution in [1.29, 1.82) is 0 Å². The van der Waals surface area contributed by atoms with Crippen LogP contribution < -0.4 is 11.1 Å². The van der Waals surface area contributed by atoms with Crippen molar-refractivity contribution in [2.45, 2.75) is 46.1 Å². The van der Waals surface area contributed by atoms with E-state index in [0.717, 1.165) is 12.3 Å². The Labute approximate surface area is 103 Å². The zero-order valence-corrected chi connectivity index (χ0v) is 11.1. The van der Waals surface area contributed by atoms with Gasteiger partial charge in [0, 0.05) is 6.04 Å². The first-order valence-corrected chi connectivity index (χ1v) is 6.42. The molecule has 3 N–H and O–H groups in total. The summed E-state index contributed by atoms with van der Waals surface area (Å²) >= 11 is 4.94. The molecular weight excluding hydrogens is 220 g/mol. The number of carbonyl (C=O) groups excluding carboxylic acids is 1. The minimum atomic E-state index is -0.336. The minimum absolute atomic E-state index is 0.0179. The number of carbonyl (C=O) groups is 1. The smallest absolute Gasteiger partial charge is 0.230 e. The predicted octanol–water partition coefficient (Wildman–Crippen LogP) is 1.85. The van der Waals surface area contributed by atoms with Gasteiger partial charge in [-0.2, -0.15) is 0 Å². The van der Waals surface area contributed by atoms with Crippen LogP contribution in [0.25, 0.3) is 0 Å². The molecule has 92 valence electrons. The second kappa shape index (κ2) is 5.62. The molecule has 0 saturated heterocycles. The maximum Gasteiger partial charge on any atom is 0.230 e. The quantitative estimate of drug-likeness (QED) is 0.699. The zero-order valence-electron chi connectivity index (χ0n) is 10.3. The van der Waals surface area contributed by atoms with Gasteiger partial charge in [0.15, 0.2) is 0 Å². The Morgan fingerprint density at radius 1 is 1.44 bits per heavy atom. The Morgan fingerprint density at radius 2 is 2.00 bits per heavy atom. The number of nitrogens with two attached hydrogens (primary N) is 1. The van der Waals surface area contributed by atoms with E-state index in [1.54, 1.807) is 0 Å². The maximum atomic E-state index is 12.0. The summed E-state index contributed by atoms with van der Waals surface area (Å²) in [5, 5.41) is 3.01. The van der Waals surface area contributed by atoms with E-state index < -0.39 is 0 Å². The lowest BCUT2D eigenvalue weighted by Gasteiger charge is -2.21. The van der Waals surface area contributed by atoms with Gasteiger partial charge in [-0.25, -0.2) is 0 Å². The Balaban J connectivity index is 2.43. The lowest BCUT2D eigenvalue weighted by atomic mass is 9.94. The maximum absolute atomic E-state index is 12.0. The lowest BCUT2D eigenvalue weighted by molar-refractivity contribution is -0.124. The highest BCUT2D eigenvalue weighted by atomic mass is 32.1. The Bertz CT molecular complexity index is 274. The molecule has 3 nitrogen and oxygen atoms in total. The van der Waals surface area contributed by atoms with Crippen LogP contribution in [0.15, 0.2) is 0 Å². The van der Waals surface area contributed by atoms with Crippen LogP contribution in [0.3, 0.4) is 0 Å². The van der Waals surface area contributed by atoms with Crippen molar-refractivity contribution >= 4 is 23.1 Å². The highest BCUT2D eigenvalue weighted by Gasteiger charge is 2.28. The van der Waals surface area contributed by atoms with Crippen molar-refractivity contribution < 1.29 is 4.79 Å². The van der Waals surface area contributed by atoms with Crippen LogP contribution in [0.5, 0.6) is 0 Å². The largest absolute Gasteiger partial charge is 0.393 e. The SMILES string of the molecule is CC(CC1CC1)NC(=O)C(C(N)=S)C(C)C. The van der Waals surface area contributed by atoms with Crippen LogP contribution in [-0.4, -0.2) is 16.9 Å². The number of nitrogens with one attached hydrogen (secondary N) is 1. The second-order valence-corrected chi connectivity index (χ2v) is 5.68. The number of hydrogen-bond donors (Lipinski definition) is 2. The van der Waals surface area contributed by atoms with Crippen LogP contribution >= 0.6 is 12.2 Å². The third kappa shape index (κ3) is 4.08. The van der Waals surface area contributed by atoms with Gasteiger partial charge >= 0.3 is 0 Å². The van der Waals surface area contributed by atoms with E-state index >= 15 is 0 Å². The standard InChI is InChI=1S/C12H22N2OS/c1-7(2)10(11(13)16)12(15)14-8(3)6-9-4-5-9/h7-10H,4-6H2,1-3H3,(H2,13,16)(H,14,15). The summed E-state index contributed by atoms with van der Waals surface area (Å²) in [6.07, 6.45) is 3.69. The monoisotopic (exact) mass is 242 g/mol. The van der Waals surface area contributed by atoms with Crippen molar-refractivity contribution in [1.82, 2.24) is 5.32 Å². The fourth-order valence-electron chi connectivity index (χ4n) is 2.01. The van der Waals surface area contributed by atoms with Gasteiger partial charge in [-0.1, -0.05) is 38.9 Å². The molecule has 0 radical (unpaired) electrons. The van der Waals surface area contributed by atoms with E-state index in [9.17, 15) is 4.79 Å². The summed E-state index contributed by atoms with van der Waals surface area (Å²) in [6, 6.07) is 0.232.